The van der Waals surface area contributed by atoms with Crippen LogP contribution in [0.2, 0.25) is 0 Å². The van der Waals surface area contributed by atoms with Gasteiger partial charge in [-0.15, -0.1) is 0 Å². The first-order valence-electron chi connectivity index (χ1n) is 8.04. The second kappa shape index (κ2) is 23.3. The fourth-order valence-electron chi connectivity index (χ4n) is 1.09. The summed E-state index contributed by atoms with van der Waals surface area (Å²) in [6, 6.07) is 20.1. The highest BCUT2D eigenvalue weighted by molar-refractivity contribution is 5.21. The number of benzene rings is 2. The highest BCUT2D eigenvalue weighted by Crippen LogP contribution is 1.79. The van der Waals surface area contributed by atoms with E-state index in [1.807, 2.05) is 97.0 Å². The topological polar surface area (TPSA) is 0 Å². The highest BCUT2D eigenvalue weighted by atomic mass is 13.8. The van der Waals surface area contributed by atoms with Gasteiger partial charge in [-0.05, 0) is 17.4 Å². The quantitative estimate of drug-likeness (QED) is 0.586. The molecule has 0 unspecified atom stereocenters. The fourth-order valence-corrected chi connectivity index (χ4v) is 1.09. The summed E-state index contributed by atoms with van der Waals surface area (Å²) in [5.74, 6) is 0. The molecule has 0 aliphatic heterocycles. The van der Waals surface area contributed by atoms with Crippen LogP contribution in [0.25, 0.3) is 12.7 Å². The minimum Gasteiger partial charge on any atom is -0.0918 e. The van der Waals surface area contributed by atoms with Crippen LogP contribution >= 0.6 is 0 Å². The molecule has 0 amide bonds. The third-order valence-corrected chi connectivity index (χ3v) is 1.98. The summed E-state index contributed by atoms with van der Waals surface area (Å²) in [4.78, 5) is 0. The molecule has 2 aromatic rings. The van der Waals surface area contributed by atoms with Crippen LogP contribution in [0.5, 0.6) is 0 Å². The van der Waals surface area contributed by atoms with E-state index in [-0.39, 0.29) is 0 Å². The summed E-state index contributed by atoms with van der Waals surface area (Å²) in [7, 11) is 0. The van der Waals surface area contributed by atoms with Crippen molar-refractivity contribution in [2.75, 3.05) is 0 Å². The van der Waals surface area contributed by atoms with Gasteiger partial charge in [-0.1, -0.05) is 115 Å². The molecule has 0 heterocycles. The molecule has 0 atom stereocenters. The third kappa shape index (κ3) is 18.2. The Morgan fingerprint density at radius 1 is 0.619 bits per heavy atom. The second-order valence-electron chi connectivity index (χ2n) is 3.18. The largest absolute Gasteiger partial charge is 0.0918 e. The van der Waals surface area contributed by atoms with E-state index in [4.69, 9.17) is 0 Å². The van der Waals surface area contributed by atoms with Crippen molar-refractivity contribution in [3.05, 3.63) is 71.1 Å². The standard InChI is InChI=1S/C9H10.C6H6.3C2H6/c1-3-9-6-4-8(2)5-7-9;1-2-4-6-5-3-1;3*1-2/h3-7H,2H2,1H3;1-6H;3*1-2H3. The summed E-state index contributed by atoms with van der Waals surface area (Å²) in [5, 5.41) is 2.32. The lowest BCUT2D eigenvalue weighted by Gasteiger charge is -1.81. The molecule has 0 nitrogen and oxygen atoms in total. The van der Waals surface area contributed by atoms with E-state index in [2.05, 4.69) is 24.8 Å². The number of hydrogen-bond acceptors (Lipinski definition) is 0. The van der Waals surface area contributed by atoms with Crippen molar-refractivity contribution in [2.24, 2.45) is 0 Å². The average molecular weight is 287 g/mol. The van der Waals surface area contributed by atoms with Crippen molar-refractivity contribution in [1.82, 2.24) is 0 Å². The van der Waals surface area contributed by atoms with Gasteiger partial charge in [0.15, 0.2) is 0 Å². The monoisotopic (exact) mass is 286 g/mol. The van der Waals surface area contributed by atoms with Gasteiger partial charge in [0.1, 0.15) is 0 Å². The minimum absolute atomic E-state index is 1.07. The van der Waals surface area contributed by atoms with Crippen molar-refractivity contribution in [3.8, 4) is 0 Å². The summed E-state index contributed by atoms with van der Waals surface area (Å²) < 4.78 is 0. The SMILES string of the molecule is C=c1ccc(=CC)cc1.CC.CC.CC.c1ccccc1. The molecule has 118 valence electrons. The van der Waals surface area contributed by atoms with Gasteiger partial charge >= 0.3 is 0 Å². The van der Waals surface area contributed by atoms with Crippen molar-refractivity contribution in [3.63, 3.8) is 0 Å². The molecule has 0 bridgehead atoms. The molecular formula is C21H34. The molecule has 0 spiro atoms. The molecule has 0 N–H and O–H groups in total. The molecule has 21 heavy (non-hydrogen) atoms. The van der Waals surface area contributed by atoms with E-state index in [9.17, 15) is 0 Å². The van der Waals surface area contributed by atoms with Crippen LogP contribution in [0.4, 0.5) is 0 Å². The Balaban J connectivity index is -0.000000235. The van der Waals surface area contributed by atoms with E-state index in [1.54, 1.807) is 0 Å². The zero-order valence-corrected chi connectivity index (χ0v) is 15.1. The third-order valence-electron chi connectivity index (χ3n) is 1.98. The zero-order valence-electron chi connectivity index (χ0n) is 15.1. The van der Waals surface area contributed by atoms with Crippen LogP contribution in [-0.2, 0) is 0 Å². The van der Waals surface area contributed by atoms with E-state index >= 15 is 0 Å². The van der Waals surface area contributed by atoms with E-state index in [1.165, 1.54) is 5.22 Å². The van der Waals surface area contributed by atoms with Gasteiger partial charge in [-0.25, -0.2) is 0 Å². The Bertz CT molecular complexity index is 419. The van der Waals surface area contributed by atoms with Crippen molar-refractivity contribution in [1.29, 1.82) is 0 Å². The predicted molar refractivity (Wildman–Crippen MR) is 102 cm³/mol. The summed E-state index contributed by atoms with van der Waals surface area (Å²) in [5.41, 5.74) is 0. The first-order chi connectivity index (χ1) is 10.3. The molecule has 0 aliphatic rings. The van der Waals surface area contributed by atoms with Crippen molar-refractivity contribution in [2.45, 2.75) is 48.5 Å². The lowest BCUT2D eigenvalue weighted by Crippen LogP contribution is -2.03. The normalized spacial score (nSPS) is 7.00. The van der Waals surface area contributed by atoms with Crippen LogP contribution < -0.4 is 10.4 Å². The maximum Gasteiger partial charge on any atom is -0.0299 e. The summed E-state index contributed by atoms with van der Waals surface area (Å²) in [6.07, 6.45) is 2.07. The second-order valence-corrected chi connectivity index (χ2v) is 3.18. The lowest BCUT2D eigenvalue weighted by atomic mass is 10.2. The average Bonchev–Trinajstić information content (AvgIpc) is 2.63. The molecule has 0 heteroatoms. The molecule has 0 aliphatic carbocycles. The van der Waals surface area contributed by atoms with E-state index in [0.29, 0.717) is 0 Å². The molecule has 0 saturated heterocycles. The van der Waals surface area contributed by atoms with Gasteiger partial charge in [0.25, 0.3) is 0 Å². The Morgan fingerprint density at radius 3 is 1.14 bits per heavy atom. The first kappa shape index (κ1) is 24.2. The van der Waals surface area contributed by atoms with Crippen LogP contribution in [0.3, 0.4) is 0 Å². The summed E-state index contributed by atoms with van der Waals surface area (Å²) >= 11 is 0. The first-order valence-corrected chi connectivity index (χ1v) is 8.04. The van der Waals surface area contributed by atoms with Crippen LogP contribution in [0.1, 0.15) is 48.5 Å². The van der Waals surface area contributed by atoms with Gasteiger partial charge in [-0.3, -0.25) is 0 Å². The molecular weight excluding hydrogens is 252 g/mol. The van der Waals surface area contributed by atoms with Gasteiger partial charge in [0.05, 0.1) is 0 Å². The fraction of sp³-hybridized carbons (Fsp3) is 0.333. The summed E-state index contributed by atoms with van der Waals surface area (Å²) in [6.45, 7) is 17.8. The van der Waals surface area contributed by atoms with Crippen molar-refractivity contribution < 1.29 is 0 Å². The maximum absolute atomic E-state index is 3.78. The van der Waals surface area contributed by atoms with E-state index < -0.39 is 0 Å². The Kier molecular flexibility index (Phi) is 26.9. The zero-order chi connectivity index (χ0) is 16.9. The van der Waals surface area contributed by atoms with Crippen LogP contribution in [-0.4, -0.2) is 0 Å². The smallest absolute Gasteiger partial charge is 0.0299 e. The number of rotatable bonds is 0. The Labute approximate surface area is 132 Å². The lowest BCUT2D eigenvalue weighted by molar-refractivity contribution is 1.50. The van der Waals surface area contributed by atoms with Gasteiger partial charge in [-0.2, -0.15) is 0 Å². The van der Waals surface area contributed by atoms with Crippen molar-refractivity contribution >= 4 is 12.7 Å². The molecule has 2 aromatic carbocycles. The van der Waals surface area contributed by atoms with Gasteiger partial charge in [0.2, 0.25) is 0 Å². The maximum atomic E-state index is 3.78. The Hall–Kier alpha value is -1.82. The van der Waals surface area contributed by atoms with E-state index in [0.717, 1.165) is 5.22 Å². The minimum atomic E-state index is 1.07. The number of hydrogen-bond donors (Lipinski definition) is 0. The molecule has 2 rings (SSSR count). The molecule has 0 saturated carbocycles. The van der Waals surface area contributed by atoms with Gasteiger partial charge < -0.3 is 0 Å². The predicted octanol–water partition coefficient (Wildman–Crippen LogP) is 5.66. The highest BCUT2D eigenvalue weighted by Gasteiger charge is 1.72. The van der Waals surface area contributed by atoms with Gasteiger partial charge in [0, 0.05) is 0 Å². The Morgan fingerprint density at radius 2 is 0.905 bits per heavy atom. The molecule has 0 aromatic heterocycles. The molecule has 0 fully saturated rings. The van der Waals surface area contributed by atoms with Crippen LogP contribution in [0, 0.1) is 0 Å². The van der Waals surface area contributed by atoms with Crippen LogP contribution in [0.15, 0.2) is 60.7 Å². The molecule has 0 radical (unpaired) electrons.